The van der Waals surface area contributed by atoms with Crippen LogP contribution in [-0.2, 0) is 6.42 Å². The van der Waals surface area contributed by atoms with Crippen LogP contribution in [0.2, 0.25) is 0 Å². The molecule has 0 spiro atoms. The highest BCUT2D eigenvalue weighted by atomic mass is 32.2. The van der Waals surface area contributed by atoms with Crippen molar-refractivity contribution in [2.75, 3.05) is 12.0 Å². The van der Waals surface area contributed by atoms with Gasteiger partial charge < -0.3 is 10.2 Å². The Labute approximate surface area is 143 Å². The Balaban J connectivity index is 1.65. The standard InChI is InChI=1S/C20H28O2S/c1-20-8-7-16-15-6-4-14(21)9-12(15)3-5-17(16)18(20)10-13(11-23-2)19(20)22/h4,6,9,13,16-19,21-22H,3,5,7-8,10-11H2,1-2H3/t13?,16?,17?,18?,19-,20?/m1/s1. The van der Waals surface area contributed by atoms with Gasteiger partial charge in [0.2, 0.25) is 0 Å². The molecule has 4 rings (SSSR count). The second-order valence-corrected chi connectivity index (χ2v) is 9.15. The van der Waals surface area contributed by atoms with Gasteiger partial charge in [-0.15, -0.1) is 0 Å². The maximum absolute atomic E-state index is 11.0. The van der Waals surface area contributed by atoms with Crippen molar-refractivity contribution in [3.05, 3.63) is 29.3 Å². The molecule has 2 saturated carbocycles. The molecule has 3 heteroatoms. The van der Waals surface area contributed by atoms with E-state index in [0.29, 0.717) is 29.4 Å². The molecule has 0 aromatic heterocycles. The predicted molar refractivity (Wildman–Crippen MR) is 96.0 cm³/mol. The van der Waals surface area contributed by atoms with Crippen LogP contribution in [0.25, 0.3) is 0 Å². The van der Waals surface area contributed by atoms with Gasteiger partial charge in [-0.3, -0.25) is 0 Å². The van der Waals surface area contributed by atoms with Gasteiger partial charge in [0.1, 0.15) is 5.75 Å². The van der Waals surface area contributed by atoms with E-state index in [1.807, 2.05) is 23.9 Å². The molecule has 2 N–H and O–H groups in total. The van der Waals surface area contributed by atoms with E-state index in [4.69, 9.17) is 0 Å². The van der Waals surface area contributed by atoms with Gasteiger partial charge in [-0.05, 0) is 96.5 Å². The molecule has 6 atom stereocenters. The van der Waals surface area contributed by atoms with E-state index in [0.717, 1.165) is 18.6 Å². The quantitative estimate of drug-likeness (QED) is 0.853. The highest BCUT2D eigenvalue weighted by Gasteiger charge is 2.57. The number of benzene rings is 1. The number of fused-ring (bicyclic) bond motifs is 5. The van der Waals surface area contributed by atoms with Gasteiger partial charge in [0.15, 0.2) is 0 Å². The number of rotatable bonds is 2. The summed E-state index contributed by atoms with van der Waals surface area (Å²) in [6, 6.07) is 5.99. The SMILES string of the molecule is CSCC1CC2C3CCc4cc(O)ccc4C3CCC2(C)[C@@H]1O. The van der Waals surface area contributed by atoms with Crippen molar-refractivity contribution in [3.8, 4) is 5.75 Å². The number of aromatic hydroxyl groups is 1. The number of thioether (sulfide) groups is 1. The van der Waals surface area contributed by atoms with Crippen LogP contribution in [0.5, 0.6) is 5.75 Å². The summed E-state index contributed by atoms with van der Waals surface area (Å²) in [5.74, 6) is 3.98. The zero-order valence-electron chi connectivity index (χ0n) is 14.2. The first kappa shape index (κ1) is 15.8. The third kappa shape index (κ3) is 2.34. The average molecular weight is 333 g/mol. The minimum atomic E-state index is -0.123. The first-order valence-electron chi connectivity index (χ1n) is 9.03. The topological polar surface area (TPSA) is 40.5 Å². The second-order valence-electron chi connectivity index (χ2n) is 8.24. The third-order valence-corrected chi connectivity index (χ3v) is 7.97. The lowest BCUT2D eigenvalue weighted by atomic mass is 9.55. The Bertz CT molecular complexity index is 601. The van der Waals surface area contributed by atoms with Gasteiger partial charge in [0.05, 0.1) is 6.10 Å². The molecule has 3 aliphatic carbocycles. The van der Waals surface area contributed by atoms with E-state index in [2.05, 4.69) is 19.2 Å². The molecule has 126 valence electrons. The summed E-state index contributed by atoms with van der Waals surface area (Å²) in [4.78, 5) is 0. The fourth-order valence-electron chi connectivity index (χ4n) is 6.09. The Morgan fingerprint density at radius 3 is 2.91 bits per heavy atom. The number of aryl methyl sites for hydroxylation is 1. The van der Waals surface area contributed by atoms with Gasteiger partial charge in [0.25, 0.3) is 0 Å². The molecule has 1 aromatic rings. The minimum Gasteiger partial charge on any atom is -0.508 e. The van der Waals surface area contributed by atoms with E-state index in [1.165, 1.54) is 30.4 Å². The number of phenolic OH excluding ortho intramolecular Hbond substituents is 1. The van der Waals surface area contributed by atoms with Crippen molar-refractivity contribution in [1.29, 1.82) is 0 Å². The number of phenols is 1. The van der Waals surface area contributed by atoms with E-state index >= 15 is 0 Å². The van der Waals surface area contributed by atoms with Crippen LogP contribution in [0, 0.1) is 23.2 Å². The van der Waals surface area contributed by atoms with E-state index < -0.39 is 0 Å². The fourth-order valence-corrected chi connectivity index (χ4v) is 6.84. The number of hydrogen-bond acceptors (Lipinski definition) is 3. The van der Waals surface area contributed by atoms with Crippen molar-refractivity contribution in [3.63, 3.8) is 0 Å². The lowest BCUT2D eigenvalue weighted by Gasteiger charge is -2.50. The fraction of sp³-hybridized carbons (Fsp3) is 0.700. The molecule has 5 unspecified atom stereocenters. The van der Waals surface area contributed by atoms with Gasteiger partial charge >= 0.3 is 0 Å². The summed E-state index contributed by atoms with van der Waals surface area (Å²) in [5, 5.41) is 20.7. The summed E-state index contributed by atoms with van der Waals surface area (Å²) < 4.78 is 0. The zero-order valence-corrected chi connectivity index (χ0v) is 15.0. The molecule has 23 heavy (non-hydrogen) atoms. The van der Waals surface area contributed by atoms with E-state index in [-0.39, 0.29) is 11.5 Å². The Morgan fingerprint density at radius 2 is 2.13 bits per heavy atom. The molecule has 3 aliphatic rings. The van der Waals surface area contributed by atoms with Gasteiger partial charge in [-0.2, -0.15) is 11.8 Å². The highest BCUT2D eigenvalue weighted by molar-refractivity contribution is 7.98. The zero-order chi connectivity index (χ0) is 16.2. The van der Waals surface area contributed by atoms with Crippen LogP contribution in [0.4, 0.5) is 0 Å². The van der Waals surface area contributed by atoms with Gasteiger partial charge in [-0.1, -0.05) is 13.0 Å². The summed E-state index contributed by atoms with van der Waals surface area (Å²) >= 11 is 1.88. The van der Waals surface area contributed by atoms with E-state index in [9.17, 15) is 10.2 Å². The first-order valence-corrected chi connectivity index (χ1v) is 10.4. The van der Waals surface area contributed by atoms with Crippen molar-refractivity contribution < 1.29 is 10.2 Å². The van der Waals surface area contributed by atoms with Crippen LogP contribution in [0.3, 0.4) is 0 Å². The van der Waals surface area contributed by atoms with Crippen LogP contribution in [0.15, 0.2) is 18.2 Å². The lowest BCUT2D eigenvalue weighted by molar-refractivity contribution is -0.0304. The number of hydrogen-bond donors (Lipinski definition) is 2. The highest BCUT2D eigenvalue weighted by Crippen LogP contribution is 2.62. The monoisotopic (exact) mass is 332 g/mol. The molecule has 0 radical (unpaired) electrons. The summed E-state index contributed by atoms with van der Waals surface area (Å²) in [7, 11) is 0. The molecule has 0 aliphatic heterocycles. The molecule has 1 aromatic carbocycles. The van der Waals surface area contributed by atoms with Crippen molar-refractivity contribution in [2.24, 2.45) is 23.2 Å². The smallest absolute Gasteiger partial charge is 0.115 e. The molecule has 2 fully saturated rings. The Hall–Kier alpha value is -0.670. The largest absolute Gasteiger partial charge is 0.508 e. The first-order chi connectivity index (χ1) is 11.0. The molecular formula is C20H28O2S. The maximum Gasteiger partial charge on any atom is 0.115 e. The maximum atomic E-state index is 11.0. The molecule has 0 saturated heterocycles. The average Bonchev–Trinajstić information content (AvgIpc) is 2.79. The number of aliphatic hydroxyl groups excluding tert-OH is 1. The summed E-state index contributed by atoms with van der Waals surface area (Å²) in [6.07, 6.45) is 7.88. The van der Waals surface area contributed by atoms with Crippen molar-refractivity contribution >= 4 is 11.8 Å². The van der Waals surface area contributed by atoms with Gasteiger partial charge in [0, 0.05) is 0 Å². The molecule has 2 nitrogen and oxygen atoms in total. The normalized spacial score (nSPS) is 42.0. The van der Waals surface area contributed by atoms with Crippen LogP contribution >= 0.6 is 11.8 Å². The second kappa shape index (κ2) is 5.70. The number of aliphatic hydroxyl groups is 1. The molecule has 0 amide bonds. The van der Waals surface area contributed by atoms with Crippen LogP contribution < -0.4 is 0 Å². The minimum absolute atomic E-state index is 0.121. The summed E-state index contributed by atoms with van der Waals surface area (Å²) in [6.45, 7) is 2.35. The lowest BCUT2D eigenvalue weighted by Crippen LogP contribution is -2.44. The Kier molecular flexibility index (Phi) is 3.92. The molecule has 0 heterocycles. The molecule has 0 bridgehead atoms. The molecular weight excluding hydrogens is 304 g/mol. The third-order valence-electron chi connectivity index (χ3n) is 7.21. The predicted octanol–water partition coefficient (Wildman–Crippen LogP) is 4.20. The van der Waals surface area contributed by atoms with E-state index in [1.54, 1.807) is 0 Å². The van der Waals surface area contributed by atoms with Crippen LogP contribution in [-0.4, -0.2) is 28.3 Å². The van der Waals surface area contributed by atoms with Gasteiger partial charge in [-0.25, -0.2) is 0 Å². The van der Waals surface area contributed by atoms with Crippen molar-refractivity contribution in [1.82, 2.24) is 0 Å². The summed E-state index contributed by atoms with van der Waals surface area (Å²) in [5.41, 5.74) is 2.95. The van der Waals surface area contributed by atoms with Crippen molar-refractivity contribution in [2.45, 2.75) is 51.0 Å². The Morgan fingerprint density at radius 1 is 1.30 bits per heavy atom. The van der Waals surface area contributed by atoms with Crippen LogP contribution in [0.1, 0.15) is 49.7 Å².